The second-order valence-corrected chi connectivity index (χ2v) is 8.27. The number of hydrogen-bond acceptors (Lipinski definition) is 7. The maximum absolute atomic E-state index is 12.3. The minimum Gasteiger partial charge on any atom is -0.457 e. The Labute approximate surface area is 196 Å². The number of hydrogen-bond donors (Lipinski definition) is 2. The molecule has 2 heterocycles. The van der Waals surface area contributed by atoms with Crippen LogP contribution < -0.4 is 10.6 Å². The van der Waals surface area contributed by atoms with Crippen molar-refractivity contribution in [1.29, 1.82) is 0 Å². The molecule has 1 aromatic heterocycles. The van der Waals surface area contributed by atoms with E-state index in [2.05, 4.69) is 15.6 Å². The van der Waals surface area contributed by atoms with Crippen molar-refractivity contribution in [3.63, 3.8) is 0 Å². The van der Waals surface area contributed by atoms with E-state index in [4.69, 9.17) is 16.0 Å². The number of amides is 2. The van der Waals surface area contributed by atoms with Gasteiger partial charge in [-0.25, -0.2) is 4.99 Å². The molecule has 4 rings (SSSR count). The summed E-state index contributed by atoms with van der Waals surface area (Å²) in [7, 11) is 0. The van der Waals surface area contributed by atoms with Crippen LogP contribution in [0.4, 0.5) is 17.1 Å². The molecule has 0 spiro atoms. The number of benzene rings is 2. The highest BCUT2D eigenvalue weighted by molar-refractivity contribution is 8.18. The van der Waals surface area contributed by atoms with Gasteiger partial charge in [-0.2, -0.15) is 0 Å². The van der Waals surface area contributed by atoms with Crippen LogP contribution in [0.1, 0.15) is 12.7 Å². The molecule has 1 aliphatic rings. The number of halogens is 1. The van der Waals surface area contributed by atoms with E-state index < -0.39 is 4.92 Å². The molecule has 166 valence electrons. The Bertz CT molecular complexity index is 1330. The van der Waals surface area contributed by atoms with Crippen molar-refractivity contribution in [1.82, 2.24) is 5.32 Å². The molecule has 2 N–H and O–H groups in total. The molecular weight excluding hydrogens is 468 g/mol. The van der Waals surface area contributed by atoms with Crippen LogP contribution in [0.3, 0.4) is 0 Å². The lowest BCUT2D eigenvalue weighted by atomic mass is 10.1. The van der Waals surface area contributed by atoms with Crippen molar-refractivity contribution in [2.45, 2.75) is 6.92 Å². The molecule has 0 atom stereocenters. The molecule has 0 radical (unpaired) electrons. The predicted molar refractivity (Wildman–Crippen MR) is 127 cm³/mol. The molecule has 0 unspecified atom stereocenters. The first-order valence-corrected chi connectivity index (χ1v) is 10.7. The van der Waals surface area contributed by atoms with E-state index in [-0.39, 0.29) is 22.5 Å². The van der Waals surface area contributed by atoms with Gasteiger partial charge >= 0.3 is 0 Å². The zero-order chi connectivity index (χ0) is 23.5. The molecule has 1 aliphatic heterocycles. The Balaban J connectivity index is 1.50. The first kappa shape index (κ1) is 22.3. The Morgan fingerprint density at radius 1 is 1.21 bits per heavy atom. The highest BCUT2D eigenvalue weighted by atomic mass is 35.5. The summed E-state index contributed by atoms with van der Waals surface area (Å²) < 4.78 is 5.76. The molecule has 0 bridgehead atoms. The largest absolute Gasteiger partial charge is 0.457 e. The average molecular weight is 483 g/mol. The van der Waals surface area contributed by atoms with E-state index >= 15 is 0 Å². The van der Waals surface area contributed by atoms with Crippen molar-refractivity contribution < 1.29 is 18.9 Å². The zero-order valence-corrected chi connectivity index (χ0v) is 18.6. The second kappa shape index (κ2) is 9.31. The maximum Gasteiger partial charge on any atom is 0.270 e. The number of carbonyl (C=O) groups is 2. The molecular formula is C22H15ClN4O5S. The van der Waals surface area contributed by atoms with Crippen molar-refractivity contribution >= 4 is 63.5 Å². The lowest BCUT2D eigenvalue weighted by Crippen LogP contribution is -2.19. The summed E-state index contributed by atoms with van der Waals surface area (Å²) in [5, 5.41) is 16.8. The Kier molecular flexibility index (Phi) is 6.29. The summed E-state index contributed by atoms with van der Waals surface area (Å²) >= 11 is 7.31. The molecule has 2 amide bonds. The Morgan fingerprint density at radius 3 is 2.64 bits per heavy atom. The molecule has 33 heavy (non-hydrogen) atoms. The van der Waals surface area contributed by atoms with Gasteiger partial charge in [-0.15, -0.1) is 0 Å². The number of anilines is 1. The molecule has 2 aromatic carbocycles. The van der Waals surface area contributed by atoms with E-state index in [1.54, 1.807) is 42.5 Å². The fraction of sp³-hybridized carbons (Fsp3) is 0.0455. The third-order valence-electron chi connectivity index (χ3n) is 4.40. The molecule has 0 aliphatic carbocycles. The van der Waals surface area contributed by atoms with Crippen molar-refractivity contribution in [2.24, 2.45) is 4.99 Å². The fourth-order valence-electron chi connectivity index (χ4n) is 2.94. The summed E-state index contributed by atoms with van der Waals surface area (Å²) in [5.74, 6) is 0.343. The lowest BCUT2D eigenvalue weighted by molar-refractivity contribution is -0.384. The van der Waals surface area contributed by atoms with E-state index in [1.165, 1.54) is 25.1 Å². The number of nitrogens with zero attached hydrogens (tertiary/aromatic N) is 2. The number of amidine groups is 1. The molecule has 1 saturated heterocycles. The van der Waals surface area contributed by atoms with Gasteiger partial charge < -0.3 is 15.1 Å². The first-order chi connectivity index (χ1) is 15.8. The zero-order valence-electron chi connectivity index (χ0n) is 17.0. The van der Waals surface area contributed by atoms with Gasteiger partial charge in [0.2, 0.25) is 5.91 Å². The molecule has 9 nitrogen and oxygen atoms in total. The van der Waals surface area contributed by atoms with Gasteiger partial charge in [0.15, 0.2) is 5.17 Å². The van der Waals surface area contributed by atoms with Gasteiger partial charge in [-0.3, -0.25) is 19.7 Å². The summed E-state index contributed by atoms with van der Waals surface area (Å²) in [6.07, 6.45) is 1.57. The van der Waals surface area contributed by atoms with Gasteiger partial charge in [0.05, 0.1) is 20.5 Å². The van der Waals surface area contributed by atoms with Crippen molar-refractivity contribution in [3.05, 3.63) is 80.4 Å². The third kappa shape index (κ3) is 5.30. The number of rotatable bonds is 5. The molecule has 11 heteroatoms. The summed E-state index contributed by atoms with van der Waals surface area (Å²) in [6.45, 7) is 1.43. The molecule has 0 saturated carbocycles. The Morgan fingerprint density at radius 2 is 1.97 bits per heavy atom. The molecule has 3 aromatic rings. The summed E-state index contributed by atoms with van der Waals surface area (Å²) in [5.41, 5.74) is 1.65. The predicted octanol–water partition coefficient (Wildman–Crippen LogP) is 5.36. The van der Waals surface area contributed by atoms with Crippen LogP contribution in [-0.2, 0) is 9.59 Å². The number of thioether (sulfide) groups is 1. The monoisotopic (exact) mass is 482 g/mol. The third-order valence-corrected chi connectivity index (χ3v) is 5.62. The number of nitro groups is 1. The summed E-state index contributed by atoms with van der Waals surface area (Å²) in [4.78, 5) is 38.6. The number of non-ortho nitro benzene ring substituents is 1. The van der Waals surface area contributed by atoms with Crippen LogP contribution in [0.2, 0.25) is 5.02 Å². The SMILES string of the molecule is CC(=O)Nc1ccc(N=C2NC(=O)/C(=C\c3ccc(-c4ccc([N+](=O)[O-])cc4Cl)o3)S2)cc1. The minimum atomic E-state index is -0.528. The normalized spacial score (nSPS) is 15.6. The van der Waals surface area contributed by atoms with E-state index in [0.29, 0.717) is 38.5 Å². The fourth-order valence-corrected chi connectivity index (χ4v) is 4.03. The van der Waals surface area contributed by atoms with Crippen molar-refractivity contribution in [3.8, 4) is 11.3 Å². The van der Waals surface area contributed by atoms with Gasteiger partial charge in [-0.05, 0) is 54.2 Å². The van der Waals surface area contributed by atoms with Gasteiger partial charge in [-0.1, -0.05) is 11.6 Å². The number of aliphatic imine (C=N–C) groups is 1. The van der Waals surface area contributed by atoms with Crippen LogP contribution in [0.25, 0.3) is 17.4 Å². The van der Waals surface area contributed by atoms with E-state index in [9.17, 15) is 19.7 Å². The average Bonchev–Trinajstić information content (AvgIpc) is 3.35. The van der Waals surface area contributed by atoms with Gasteiger partial charge in [0.1, 0.15) is 11.5 Å². The topological polar surface area (TPSA) is 127 Å². The minimum absolute atomic E-state index is 0.117. The smallest absolute Gasteiger partial charge is 0.270 e. The van der Waals surface area contributed by atoms with Crippen LogP contribution in [0.15, 0.2) is 68.9 Å². The van der Waals surface area contributed by atoms with Gasteiger partial charge in [0, 0.05) is 36.4 Å². The number of carbonyl (C=O) groups excluding carboxylic acids is 2. The van der Waals surface area contributed by atoms with E-state index in [0.717, 1.165) is 11.8 Å². The van der Waals surface area contributed by atoms with Crippen LogP contribution in [0, 0.1) is 10.1 Å². The highest BCUT2D eigenvalue weighted by Gasteiger charge is 2.24. The number of furan rings is 1. The van der Waals surface area contributed by atoms with Crippen LogP contribution in [-0.4, -0.2) is 21.9 Å². The number of nitro benzene ring substituents is 1. The molecule has 1 fully saturated rings. The second-order valence-electron chi connectivity index (χ2n) is 6.83. The van der Waals surface area contributed by atoms with Crippen LogP contribution in [0.5, 0.6) is 0 Å². The number of nitrogens with one attached hydrogen (secondary N) is 2. The van der Waals surface area contributed by atoms with Crippen LogP contribution >= 0.6 is 23.4 Å². The maximum atomic E-state index is 12.3. The highest BCUT2D eigenvalue weighted by Crippen LogP contribution is 2.34. The van der Waals surface area contributed by atoms with E-state index in [1.807, 2.05) is 0 Å². The standard InChI is InChI=1S/C22H15ClN4O5S/c1-12(28)24-13-2-4-14(5-3-13)25-22-26-21(29)20(33-22)11-16-7-9-19(32-16)17-8-6-15(27(30)31)10-18(17)23/h2-11H,1H3,(H,24,28)(H,25,26,29)/b20-11+. The van der Waals surface area contributed by atoms with Gasteiger partial charge in [0.25, 0.3) is 11.6 Å². The Hall–Kier alpha value is -3.89. The first-order valence-electron chi connectivity index (χ1n) is 9.50. The van der Waals surface area contributed by atoms with Crippen molar-refractivity contribution in [2.75, 3.05) is 5.32 Å². The summed E-state index contributed by atoms with van der Waals surface area (Å²) in [6, 6.07) is 14.3. The quantitative estimate of drug-likeness (QED) is 0.286. The lowest BCUT2D eigenvalue weighted by Gasteiger charge is -2.02.